The first-order valence-corrected chi connectivity index (χ1v) is 7.03. The molecule has 0 atom stereocenters. The molecule has 0 aromatic heterocycles. The quantitative estimate of drug-likeness (QED) is 0.621. The van der Waals surface area contributed by atoms with Crippen LogP contribution in [0, 0.1) is 5.82 Å². The number of nitrogens with zero attached hydrogens (tertiary/aromatic N) is 1. The van der Waals surface area contributed by atoms with Gasteiger partial charge in [-0.1, -0.05) is 0 Å². The van der Waals surface area contributed by atoms with Gasteiger partial charge in [-0.05, 0) is 36.4 Å². The number of ether oxygens (including phenoxy) is 2. The first kappa shape index (κ1) is 17.9. The zero-order chi connectivity index (χ0) is 18.4. The molecule has 0 fully saturated rings. The van der Waals surface area contributed by atoms with E-state index in [1.54, 1.807) is 0 Å². The summed E-state index contributed by atoms with van der Waals surface area (Å²) < 4.78 is 22.9. The molecule has 0 aliphatic carbocycles. The zero-order valence-electron chi connectivity index (χ0n) is 13.4. The summed E-state index contributed by atoms with van der Waals surface area (Å²) in [5.74, 6) is -2.33. The van der Waals surface area contributed by atoms with Crippen molar-refractivity contribution in [1.29, 1.82) is 0 Å². The maximum Gasteiger partial charge on any atom is 0.271 e. The van der Waals surface area contributed by atoms with Crippen molar-refractivity contribution in [2.24, 2.45) is 5.10 Å². The van der Waals surface area contributed by atoms with E-state index in [9.17, 15) is 19.1 Å². The Morgan fingerprint density at radius 1 is 1.12 bits per heavy atom. The number of carboxylic acid groups (broad SMARTS) is 1. The van der Waals surface area contributed by atoms with Crippen LogP contribution in [0.1, 0.15) is 26.3 Å². The standard InChI is InChI=1S/C17H15FN2O5/c1-24-13-8-5-11(14(17(22)23)15(13)25-2)9-19-20-16(21)10-3-6-12(18)7-4-10/h3-9H,1-2H3,(H,20,21)(H,22,23)/p-1/b19-9-. The smallest absolute Gasteiger partial charge is 0.271 e. The number of hydrogen-bond donors (Lipinski definition) is 1. The highest BCUT2D eigenvalue weighted by atomic mass is 19.1. The van der Waals surface area contributed by atoms with E-state index in [4.69, 9.17) is 9.47 Å². The maximum atomic E-state index is 12.8. The van der Waals surface area contributed by atoms with E-state index in [2.05, 4.69) is 10.5 Å². The molecule has 0 aliphatic heterocycles. The topological polar surface area (TPSA) is 100 Å². The summed E-state index contributed by atoms with van der Waals surface area (Å²) in [6, 6.07) is 7.79. The van der Waals surface area contributed by atoms with Gasteiger partial charge in [0, 0.05) is 11.1 Å². The van der Waals surface area contributed by atoms with Crippen LogP contribution in [0.3, 0.4) is 0 Å². The Morgan fingerprint density at radius 3 is 2.36 bits per heavy atom. The van der Waals surface area contributed by atoms with E-state index in [1.807, 2.05) is 0 Å². The van der Waals surface area contributed by atoms with E-state index in [0.29, 0.717) is 0 Å². The summed E-state index contributed by atoms with van der Waals surface area (Å²) in [5, 5.41) is 15.1. The van der Waals surface area contributed by atoms with Crippen molar-refractivity contribution in [3.63, 3.8) is 0 Å². The van der Waals surface area contributed by atoms with Crippen LogP contribution in [0.15, 0.2) is 41.5 Å². The molecule has 0 unspecified atom stereocenters. The van der Waals surface area contributed by atoms with Crippen LogP contribution < -0.4 is 20.0 Å². The van der Waals surface area contributed by atoms with Crippen LogP contribution in [0.5, 0.6) is 11.5 Å². The third kappa shape index (κ3) is 4.11. The molecule has 0 radical (unpaired) electrons. The van der Waals surface area contributed by atoms with Crippen molar-refractivity contribution in [3.05, 3.63) is 58.9 Å². The third-order valence-corrected chi connectivity index (χ3v) is 3.26. The molecule has 2 aromatic carbocycles. The van der Waals surface area contributed by atoms with Gasteiger partial charge in [0.25, 0.3) is 5.91 Å². The lowest BCUT2D eigenvalue weighted by Gasteiger charge is -2.15. The number of hydrogen-bond acceptors (Lipinski definition) is 6. The van der Waals surface area contributed by atoms with Crippen molar-refractivity contribution < 1.29 is 28.6 Å². The van der Waals surface area contributed by atoms with Crippen molar-refractivity contribution in [1.82, 2.24) is 5.43 Å². The minimum atomic E-state index is -1.48. The van der Waals surface area contributed by atoms with Crippen LogP contribution in [-0.2, 0) is 0 Å². The number of methoxy groups -OCH3 is 2. The fraction of sp³-hybridized carbons (Fsp3) is 0.118. The third-order valence-electron chi connectivity index (χ3n) is 3.26. The van der Waals surface area contributed by atoms with Crippen molar-refractivity contribution in [2.45, 2.75) is 0 Å². The van der Waals surface area contributed by atoms with E-state index in [0.717, 1.165) is 18.3 Å². The number of carboxylic acids is 1. The lowest BCUT2D eigenvalue weighted by Crippen LogP contribution is -2.25. The summed E-state index contributed by atoms with van der Waals surface area (Å²) in [7, 11) is 2.66. The minimum Gasteiger partial charge on any atom is -0.545 e. The lowest BCUT2D eigenvalue weighted by atomic mass is 10.1. The number of hydrazone groups is 1. The Morgan fingerprint density at radius 2 is 1.80 bits per heavy atom. The number of halogens is 1. The Labute approximate surface area is 142 Å². The summed E-state index contributed by atoms with van der Waals surface area (Å²) in [6.45, 7) is 0. The first-order valence-electron chi connectivity index (χ1n) is 7.03. The fourth-order valence-electron chi connectivity index (χ4n) is 2.09. The van der Waals surface area contributed by atoms with Crippen molar-refractivity contribution >= 4 is 18.1 Å². The van der Waals surface area contributed by atoms with Gasteiger partial charge >= 0.3 is 0 Å². The van der Waals surface area contributed by atoms with Gasteiger partial charge in [0.1, 0.15) is 5.82 Å². The molecule has 1 amide bonds. The van der Waals surface area contributed by atoms with Crippen molar-refractivity contribution in [3.8, 4) is 11.5 Å². The molecule has 25 heavy (non-hydrogen) atoms. The second kappa shape index (κ2) is 7.91. The van der Waals surface area contributed by atoms with E-state index >= 15 is 0 Å². The first-order chi connectivity index (χ1) is 12.0. The van der Waals surface area contributed by atoms with Gasteiger partial charge in [-0.15, -0.1) is 0 Å². The molecule has 1 N–H and O–H groups in total. The SMILES string of the molecule is COc1ccc(/C=N\NC(=O)c2ccc(F)cc2)c(C(=O)[O-])c1OC. The van der Waals surface area contributed by atoms with Gasteiger partial charge < -0.3 is 19.4 Å². The molecule has 7 nitrogen and oxygen atoms in total. The van der Waals surface area contributed by atoms with Gasteiger partial charge in [-0.3, -0.25) is 4.79 Å². The highest BCUT2D eigenvalue weighted by Crippen LogP contribution is 2.32. The lowest BCUT2D eigenvalue weighted by molar-refractivity contribution is -0.255. The second-order valence-corrected chi connectivity index (χ2v) is 4.76. The number of carbonyl (C=O) groups is 2. The van der Waals surface area contributed by atoms with Gasteiger partial charge in [0.2, 0.25) is 0 Å². The summed E-state index contributed by atoms with van der Waals surface area (Å²) in [4.78, 5) is 23.3. The number of nitrogens with one attached hydrogen (secondary N) is 1. The molecule has 2 rings (SSSR count). The van der Waals surface area contributed by atoms with E-state index in [-0.39, 0.29) is 28.2 Å². The Bertz CT molecular complexity index is 819. The van der Waals surface area contributed by atoms with E-state index < -0.39 is 17.7 Å². The predicted octanol–water partition coefficient (Wildman–Crippen LogP) is 0.970. The highest BCUT2D eigenvalue weighted by Gasteiger charge is 2.15. The second-order valence-electron chi connectivity index (χ2n) is 4.76. The van der Waals surface area contributed by atoms with Gasteiger partial charge in [-0.2, -0.15) is 5.10 Å². The van der Waals surface area contributed by atoms with Crippen molar-refractivity contribution in [2.75, 3.05) is 14.2 Å². The average Bonchev–Trinajstić information content (AvgIpc) is 2.61. The summed E-state index contributed by atoms with van der Waals surface area (Å²) >= 11 is 0. The van der Waals surface area contributed by atoms with Crippen LogP contribution >= 0.6 is 0 Å². The van der Waals surface area contributed by atoms with Gasteiger partial charge in [0.15, 0.2) is 11.5 Å². The molecule has 8 heteroatoms. The Kier molecular flexibility index (Phi) is 5.67. The van der Waals surface area contributed by atoms with Gasteiger partial charge in [0.05, 0.1) is 32.0 Å². The van der Waals surface area contributed by atoms with Crippen LogP contribution in [-0.4, -0.2) is 32.3 Å². The molecule has 2 aromatic rings. The van der Waals surface area contributed by atoms with Gasteiger partial charge in [-0.25, -0.2) is 9.82 Å². The molecule has 0 aliphatic rings. The number of amides is 1. The molecule has 0 saturated carbocycles. The summed E-state index contributed by atoms with van der Waals surface area (Å²) in [5.41, 5.74) is 2.31. The molecular formula is C17H14FN2O5-. The zero-order valence-corrected chi connectivity index (χ0v) is 13.4. The maximum absolute atomic E-state index is 12.8. The Balaban J connectivity index is 2.24. The molecule has 0 spiro atoms. The molecule has 0 bridgehead atoms. The molecule has 130 valence electrons. The van der Waals surface area contributed by atoms with Crippen LogP contribution in [0.25, 0.3) is 0 Å². The monoisotopic (exact) mass is 345 g/mol. The molecule has 0 heterocycles. The number of benzene rings is 2. The summed E-state index contributed by atoms with van der Waals surface area (Å²) in [6.07, 6.45) is 1.13. The van der Waals surface area contributed by atoms with Crippen LogP contribution in [0.4, 0.5) is 4.39 Å². The average molecular weight is 345 g/mol. The predicted molar refractivity (Wildman–Crippen MR) is 85.3 cm³/mol. The van der Waals surface area contributed by atoms with Crippen LogP contribution in [0.2, 0.25) is 0 Å². The highest BCUT2D eigenvalue weighted by molar-refractivity contribution is 6.01. The fourth-order valence-corrected chi connectivity index (χ4v) is 2.09. The molecular weight excluding hydrogens is 331 g/mol. The number of carbonyl (C=O) groups excluding carboxylic acids is 2. The number of rotatable bonds is 6. The molecule has 0 saturated heterocycles. The minimum absolute atomic E-state index is 0.0173. The van der Waals surface area contributed by atoms with E-state index in [1.165, 1.54) is 38.5 Å². The largest absolute Gasteiger partial charge is 0.545 e. The number of aromatic carboxylic acids is 1. The Hall–Kier alpha value is -3.42. The normalized spacial score (nSPS) is 10.5.